The minimum absolute atomic E-state index is 0.168. The van der Waals surface area contributed by atoms with Crippen molar-refractivity contribution in [2.24, 2.45) is 5.92 Å². The highest BCUT2D eigenvalue weighted by molar-refractivity contribution is 6.30. The molecule has 0 aliphatic carbocycles. The summed E-state index contributed by atoms with van der Waals surface area (Å²) in [5, 5.41) is 10.9. The second kappa shape index (κ2) is 10.5. The van der Waals surface area contributed by atoms with E-state index < -0.39 is 5.60 Å². The Bertz CT molecular complexity index is 1200. The molecule has 5 heteroatoms. The van der Waals surface area contributed by atoms with Crippen molar-refractivity contribution in [1.82, 2.24) is 0 Å². The fourth-order valence-corrected chi connectivity index (χ4v) is 4.85. The van der Waals surface area contributed by atoms with Crippen molar-refractivity contribution in [2.75, 3.05) is 18.0 Å². The first-order chi connectivity index (χ1) is 16.7. The van der Waals surface area contributed by atoms with Gasteiger partial charge in [-0.15, -0.1) is 0 Å². The summed E-state index contributed by atoms with van der Waals surface area (Å²) in [6.07, 6.45) is 1.86. The zero-order chi connectivity index (χ0) is 25.0. The lowest BCUT2D eigenvalue weighted by atomic mass is 9.78. The lowest BCUT2D eigenvalue weighted by Crippen LogP contribution is -2.35. The minimum atomic E-state index is -0.513. The Balaban J connectivity index is 1.45. The maximum Gasteiger partial charge on any atom is 0.338 e. The topological polar surface area (TPSA) is 53.3 Å². The molecule has 1 aliphatic rings. The molecular weight excluding hydrogens is 456 g/mol. The highest BCUT2D eigenvalue weighted by Crippen LogP contribution is 2.38. The van der Waals surface area contributed by atoms with Gasteiger partial charge in [-0.2, -0.15) is 5.26 Å². The summed E-state index contributed by atoms with van der Waals surface area (Å²) in [4.78, 5) is 14.6. The minimum Gasteiger partial charge on any atom is -0.456 e. The third-order valence-corrected chi connectivity index (χ3v) is 6.72. The summed E-state index contributed by atoms with van der Waals surface area (Å²) < 4.78 is 5.46. The van der Waals surface area contributed by atoms with Crippen molar-refractivity contribution in [1.29, 1.82) is 5.26 Å². The first-order valence-corrected chi connectivity index (χ1v) is 12.5. The van der Waals surface area contributed by atoms with Crippen LogP contribution in [0.3, 0.4) is 0 Å². The number of hydrogen-bond acceptors (Lipinski definition) is 4. The Kier molecular flexibility index (Phi) is 7.48. The molecule has 0 aromatic heterocycles. The van der Waals surface area contributed by atoms with E-state index in [9.17, 15) is 10.1 Å². The average Bonchev–Trinajstić information content (AvgIpc) is 2.85. The molecule has 0 unspecified atom stereocenters. The van der Waals surface area contributed by atoms with E-state index in [0.717, 1.165) is 48.3 Å². The van der Waals surface area contributed by atoms with E-state index in [-0.39, 0.29) is 17.8 Å². The zero-order valence-corrected chi connectivity index (χ0v) is 21.3. The van der Waals surface area contributed by atoms with E-state index >= 15 is 0 Å². The highest BCUT2D eigenvalue weighted by atomic mass is 35.5. The van der Waals surface area contributed by atoms with Gasteiger partial charge in [-0.25, -0.2) is 4.79 Å². The Morgan fingerprint density at radius 2 is 1.63 bits per heavy atom. The normalized spacial score (nSPS) is 15.3. The molecule has 1 atom stereocenters. The van der Waals surface area contributed by atoms with Crippen LogP contribution < -0.4 is 4.90 Å². The van der Waals surface area contributed by atoms with Crippen LogP contribution in [-0.4, -0.2) is 24.7 Å². The van der Waals surface area contributed by atoms with Crippen molar-refractivity contribution in [2.45, 2.75) is 45.1 Å². The van der Waals surface area contributed by atoms with Crippen LogP contribution in [0.1, 0.15) is 55.5 Å². The Hall–Kier alpha value is -3.29. The van der Waals surface area contributed by atoms with Crippen molar-refractivity contribution in [3.63, 3.8) is 0 Å². The SMILES string of the molecule is CC(C)(C)OC(=O)c1ccc(N2CCC([C@@H](C#N)c3ccccc3-c3ccc(Cl)cc3)CC2)cc1. The number of piperidine rings is 1. The van der Waals surface area contributed by atoms with Crippen molar-refractivity contribution < 1.29 is 9.53 Å². The maximum atomic E-state index is 12.3. The third-order valence-electron chi connectivity index (χ3n) is 6.47. The zero-order valence-electron chi connectivity index (χ0n) is 20.5. The summed E-state index contributed by atoms with van der Waals surface area (Å²) in [7, 11) is 0. The highest BCUT2D eigenvalue weighted by Gasteiger charge is 2.29. The molecule has 4 nitrogen and oxygen atoms in total. The van der Waals surface area contributed by atoms with Gasteiger partial charge >= 0.3 is 5.97 Å². The molecule has 0 saturated carbocycles. The lowest BCUT2D eigenvalue weighted by Gasteiger charge is -2.36. The molecular formula is C30H31ClN2O2. The molecule has 3 aromatic rings. The van der Waals surface area contributed by atoms with Crippen LogP contribution in [0.2, 0.25) is 5.02 Å². The van der Waals surface area contributed by atoms with Gasteiger partial charge in [0.05, 0.1) is 17.6 Å². The van der Waals surface area contributed by atoms with Gasteiger partial charge in [-0.05, 0) is 92.6 Å². The number of rotatable bonds is 5. The molecule has 0 spiro atoms. The molecule has 3 aromatic carbocycles. The molecule has 0 bridgehead atoms. The summed E-state index contributed by atoms with van der Waals surface area (Å²) in [6.45, 7) is 7.35. The van der Waals surface area contributed by atoms with Crippen LogP contribution in [-0.2, 0) is 4.74 Å². The van der Waals surface area contributed by atoms with Gasteiger partial charge in [-0.1, -0.05) is 48.0 Å². The fourth-order valence-electron chi connectivity index (χ4n) is 4.73. The Labute approximate surface area is 213 Å². The second-order valence-electron chi connectivity index (χ2n) is 10.1. The Morgan fingerprint density at radius 3 is 2.23 bits per heavy atom. The molecule has 1 saturated heterocycles. The number of carbonyl (C=O) groups is 1. The molecule has 1 aliphatic heterocycles. The van der Waals surface area contributed by atoms with E-state index in [1.807, 2.05) is 81.4 Å². The summed E-state index contributed by atoms with van der Waals surface area (Å²) in [5.74, 6) is -0.191. The summed E-state index contributed by atoms with van der Waals surface area (Å²) in [5.41, 5.74) is 4.38. The number of ether oxygens (including phenoxy) is 1. The van der Waals surface area contributed by atoms with Crippen molar-refractivity contribution >= 4 is 23.3 Å². The molecule has 0 N–H and O–H groups in total. The first kappa shape index (κ1) is 24.8. The second-order valence-corrected chi connectivity index (χ2v) is 10.5. The molecule has 0 radical (unpaired) electrons. The molecule has 0 amide bonds. The Morgan fingerprint density at radius 1 is 1.00 bits per heavy atom. The maximum absolute atomic E-state index is 12.3. The molecule has 4 rings (SSSR count). The summed E-state index contributed by atoms with van der Waals surface area (Å²) >= 11 is 6.08. The number of hydrogen-bond donors (Lipinski definition) is 0. The monoisotopic (exact) mass is 486 g/mol. The fraction of sp³-hybridized carbons (Fsp3) is 0.333. The number of nitrogens with zero attached hydrogens (tertiary/aromatic N) is 2. The molecule has 1 fully saturated rings. The van der Waals surface area contributed by atoms with Gasteiger partial charge in [0.2, 0.25) is 0 Å². The van der Waals surface area contributed by atoms with Gasteiger partial charge in [-0.3, -0.25) is 0 Å². The number of anilines is 1. The lowest BCUT2D eigenvalue weighted by molar-refractivity contribution is 0.00695. The van der Waals surface area contributed by atoms with E-state index in [1.54, 1.807) is 0 Å². The van der Waals surface area contributed by atoms with E-state index in [4.69, 9.17) is 16.3 Å². The number of nitriles is 1. The predicted octanol–water partition coefficient (Wildman–Crippen LogP) is 7.49. The van der Waals surface area contributed by atoms with E-state index in [0.29, 0.717) is 10.6 Å². The molecule has 180 valence electrons. The number of halogens is 1. The van der Waals surface area contributed by atoms with Crippen LogP contribution in [0.5, 0.6) is 0 Å². The van der Waals surface area contributed by atoms with Crippen LogP contribution in [0.25, 0.3) is 11.1 Å². The number of esters is 1. The van der Waals surface area contributed by atoms with Crippen LogP contribution in [0.15, 0.2) is 72.8 Å². The number of carbonyl (C=O) groups excluding carboxylic acids is 1. The van der Waals surface area contributed by atoms with Gasteiger partial charge in [0, 0.05) is 23.8 Å². The van der Waals surface area contributed by atoms with Crippen LogP contribution >= 0.6 is 11.6 Å². The average molecular weight is 487 g/mol. The first-order valence-electron chi connectivity index (χ1n) is 12.1. The van der Waals surface area contributed by atoms with Crippen molar-refractivity contribution in [3.05, 3.63) is 88.9 Å². The van der Waals surface area contributed by atoms with Crippen LogP contribution in [0.4, 0.5) is 5.69 Å². The largest absolute Gasteiger partial charge is 0.456 e. The van der Waals surface area contributed by atoms with Gasteiger partial charge in [0.1, 0.15) is 5.60 Å². The standard InChI is InChI=1S/C30H31ClN2O2/c1-30(2,3)35-29(34)23-10-14-25(15-11-23)33-18-16-22(17-19-33)28(20-32)27-7-5-4-6-26(27)21-8-12-24(31)13-9-21/h4-15,22,28H,16-19H2,1-3H3/t28-/m1/s1. The van der Waals surface area contributed by atoms with Crippen molar-refractivity contribution in [3.8, 4) is 17.2 Å². The van der Waals surface area contributed by atoms with Gasteiger partial charge in [0.25, 0.3) is 0 Å². The van der Waals surface area contributed by atoms with Crippen LogP contribution in [0, 0.1) is 17.2 Å². The third kappa shape index (κ3) is 6.05. The van der Waals surface area contributed by atoms with Gasteiger partial charge < -0.3 is 9.64 Å². The van der Waals surface area contributed by atoms with Gasteiger partial charge in [0.15, 0.2) is 0 Å². The quantitative estimate of drug-likeness (QED) is 0.350. The molecule has 35 heavy (non-hydrogen) atoms. The van der Waals surface area contributed by atoms with E-state index in [2.05, 4.69) is 23.1 Å². The smallest absolute Gasteiger partial charge is 0.338 e. The van der Waals surface area contributed by atoms with E-state index in [1.165, 1.54) is 0 Å². The predicted molar refractivity (Wildman–Crippen MR) is 142 cm³/mol. The number of benzene rings is 3. The molecule has 1 heterocycles. The summed E-state index contributed by atoms with van der Waals surface area (Å²) in [6, 6.07) is 26.2.